The van der Waals surface area contributed by atoms with E-state index in [1.54, 1.807) is 23.1 Å². The smallest absolute Gasteiger partial charge is 0.237 e. The van der Waals surface area contributed by atoms with E-state index >= 15 is 0 Å². The van der Waals surface area contributed by atoms with Crippen LogP contribution in [0.15, 0.2) is 39.2 Å². The van der Waals surface area contributed by atoms with Crippen molar-refractivity contribution in [1.29, 1.82) is 0 Å². The van der Waals surface area contributed by atoms with E-state index in [1.807, 2.05) is 37.3 Å². The Morgan fingerprint density at radius 2 is 2.05 bits per heavy atom. The molecule has 0 bridgehead atoms. The second-order valence-electron chi connectivity index (χ2n) is 3.75. The molecule has 0 amide bonds. The lowest BCUT2D eigenvalue weighted by Gasteiger charge is -1.91. The van der Waals surface area contributed by atoms with E-state index in [-0.39, 0.29) is 0 Å². The fourth-order valence-electron chi connectivity index (χ4n) is 1.48. The van der Waals surface area contributed by atoms with Crippen molar-refractivity contribution in [3.63, 3.8) is 0 Å². The highest BCUT2D eigenvalue weighted by molar-refractivity contribution is 8.00. The molecule has 3 rings (SSSR count). The highest BCUT2D eigenvalue weighted by atomic mass is 32.2. The van der Waals surface area contributed by atoms with Gasteiger partial charge in [0, 0.05) is 5.56 Å². The maximum absolute atomic E-state index is 5.22. The molecule has 0 atom stereocenters. The van der Waals surface area contributed by atoms with E-state index in [2.05, 4.69) is 20.3 Å². The van der Waals surface area contributed by atoms with Gasteiger partial charge in [0.2, 0.25) is 11.7 Å². The van der Waals surface area contributed by atoms with Crippen LogP contribution in [0.25, 0.3) is 11.4 Å². The highest BCUT2D eigenvalue weighted by Crippen LogP contribution is 2.25. The zero-order valence-corrected chi connectivity index (χ0v) is 11.7. The highest BCUT2D eigenvalue weighted by Gasteiger charge is 2.10. The van der Waals surface area contributed by atoms with Crippen LogP contribution >= 0.6 is 23.1 Å². The average Bonchev–Trinajstić information content (AvgIpc) is 3.06. The van der Waals surface area contributed by atoms with E-state index in [4.69, 9.17) is 4.52 Å². The zero-order chi connectivity index (χ0) is 13.1. The monoisotopic (exact) mass is 290 g/mol. The SMILES string of the molecule is Cc1nnc(SCc2nc(-c3ccccc3)no2)s1. The molecule has 3 aromatic rings. The average molecular weight is 290 g/mol. The van der Waals surface area contributed by atoms with Gasteiger partial charge in [0.05, 0.1) is 5.75 Å². The second kappa shape index (κ2) is 5.50. The van der Waals surface area contributed by atoms with Crippen LogP contribution in [0, 0.1) is 6.92 Å². The first-order valence-corrected chi connectivity index (χ1v) is 7.42. The van der Waals surface area contributed by atoms with E-state index in [1.165, 1.54) is 0 Å². The van der Waals surface area contributed by atoms with Crippen molar-refractivity contribution in [2.24, 2.45) is 0 Å². The molecule has 7 heteroatoms. The quantitative estimate of drug-likeness (QED) is 0.688. The number of aryl methyl sites for hydroxylation is 1. The fraction of sp³-hybridized carbons (Fsp3) is 0.167. The third kappa shape index (κ3) is 2.99. The third-order valence-corrected chi connectivity index (χ3v) is 4.28. The van der Waals surface area contributed by atoms with Crippen LogP contribution in [0.2, 0.25) is 0 Å². The Hall–Kier alpha value is -1.73. The molecule has 2 heterocycles. The van der Waals surface area contributed by atoms with Crippen LogP contribution in [0.4, 0.5) is 0 Å². The first-order chi connectivity index (χ1) is 9.31. The molecule has 0 aliphatic rings. The summed E-state index contributed by atoms with van der Waals surface area (Å²) in [6, 6.07) is 9.76. The molecule has 19 heavy (non-hydrogen) atoms. The summed E-state index contributed by atoms with van der Waals surface area (Å²) in [5, 5.41) is 12.9. The Balaban J connectivity index is 1.68. The second-order valence-corrected chi connectivity index (χ2v) is 6.16. The van der Waals surface area contributed by atoms with E-state index in [0.29, 0.717) is 17.5 Å². The summed E-state index contributed by atoms with van der Waals surface area (Å²) in [5.41, 5.74) is 0.953. The van der Waals surface area contributed by atoms with Gasteiger partial charge in [-0.15, -0.1) is 10.2 Å². The van der Waals surface area contributed by atoms with Crippen molar-refractivity contribution in [3.05, 3.63) is 41.2 Å². The summed E-state index contributed by atoms with van der Waals surface area (Å²) in [7, 11) is 0. The molecule has 0 saturated heterocycles. The Labute approximate surface area is 118 Å². The van der Waals surface area contributed by atoms with Crippen molar-refractivity contribution in [2.45, 2.75) is 17.0 Å². The van der Waals surface area contributed by atoms with Gasteiger partial charge >= 0.3 is 0 Å². The number of nitrogens with zero attached hydrogens (tertiary/aromatic N) is 4. The molecule has 0 aliphatic heterocycles. The molecule has 1 aromatic carbocycles. The van der Waals surface area contributed by atoms with Crippen molar-refractivity contribution in [2.75, 3.05) is 0 Å². The number of hydrogen-bond acceptors (Lipinski definition) is 7. The molecule has 0 saturated carbocycles. The minimum Gasteiger partial charge on any atom is -0.338 e. The lowest BCUT2D eigenvalue weighted by atomic mass is 10.2. The van der Waals surface area contributed by atoms with Crippen LogP contribution < -0.4 is 0 Å². The van der Waals surface area contributed by atoms with Crippen LogP contribution in [0.1, 0.15) is 10.9 Å². The predicted octanol–water partition coefficient (Wildman–Crippen LogP) is 3.19. The molecule has 0 N–H and O–H groups in total. The summed E-state index contributed by atoms with van der Waals surface area (Å²) in [5.74, 6) is 1.82. The largest absolute Gasteiger partial charge is 0.338 e. The van der Waals surface area contributed by atoms with Gasteiger partial charge in [0.15, 0.2) is 4.34 Å². The molecule has 0 spiro atoms. The Bertz CT molecular complexity index is 665. The van der Waals surface area contributed by atoms with Crippen LogP contribution in [0.5, 0.6) is 0 Å². The van der Waals surface area contributed by atoms with Gasteiger partial charge < -0.3 is 4.52 Å². The summed E-state index contributed by atoms with van der Waals surface area (Å²) in [6.45, 7) is 1.93. The Morgan fingerprint density at radius 1 is 1.21 bits per heavy atom. The van der Waals surface area contributed by atoms with Gasteiger partial charge in [-0.1, -0.05) is 58.6 Å². The number of rotatable bonds is 4. The van der Waals surface area contributed by atoms with Gasteiger partial charge in [-0.05, 0) is 6.92 Å². The lowest BCUT2D eigenvalue weighted by Crippen LogP contribution is -1.82. The van der Waals surface area contributed by atoms with Gasteiger partial charge in [0.25, 0.3) is 0 Å². The topological polar surface area (TPSA) is 64.7 Å². The van der Waals surface area contributed by atoms with Crippen molar-refractivity contribution < 1.29 is 4.52 Å². The maximum Gasteiger partial charge on any atom is 0.237 e. The van der Waals surface area contributed by atoms with Crippen LogP contribution in [-0.4, -0.2) is 20.3 Å². The summed E-state index contributed by atoms with van der Waals surface area (Å²) in [6.07, 6.45) is 0. The van der Waals surface area contributed by atoms with Gasteiger partial charge in [0.1, 0.15) is 5.01 Å². The van der Waals surface area contributed by atoms with Gasteiger partial charge in [-0.3, -0.25) is 0 Å². The van der Waals surface area contributed by atoms with Gasteiger partial charge in [-0.25, -0.2) is 0 Å². The normalized spacial score (nSPS) is 10.8. The molecule has 96 valence electrons. The summed E-state index contributed by atoms with van der Waals surface area (Å²) < 4.78 is 6.14. The van der Waals surface area contributed by atoms with Crippen molar-refractivity contribution in [1.82, 2.24) is 20.3 Å². The lowest BCUT2D eigenvalue weighted by molar-refractivity contribution is 0.391. The molecular formula is C12H10N4OS2. The van der Waals surface area contributed by atoms with Gasteiger partial charge in [-0.2, -0.15) is 4.98 Å². The number of benzene rings is 1. The molecule has 5 nitrogen and oxygen atoms in total. The molecular weight excluding hydrogens is 280 g/mol. The number of hydrogen-bond donors (Lipinski definition) is 0. The Kier molecular flexibility index (Phi) is 3.56. The van der Waals surface area contributed by atoms with Crippen LogP contribution in [-0.2, 0) is 5.75 Å². The zero-order valence-electron chi connectivity index (χ0n) is 10.1. The standard InChI is InChI=1S/C12H10N4OS2/c1-8-14-15-12(19-8)18-7-10-13-11(16-17-10)9-5-3-2-4-6-9/h2-6H,7H2,1H3. The van der Waals surface area contributed by atoms with Crippen molar-refractivity contribution in [3.8, 4) is 11.4 Å². The summed E-state index contributed by atoms with van der Waals surface area (Å²) >= 11 is 3.11. The molecule has 2 aromatic heterocycles. The van der Waals surface area contributed by atoms with Crippen molar-refractivity contribution >= 4 is 23.1 Å². The number of aromatic nitrogens is 4. The molecule has 0 fully saturated rings. The first-order valence-electron chi connectivity index (χ1n) is 5.62. The fourth-order valence-corrected chi connectivity index (χ4v) is 3.13. The minimum absolute atomic E-state index is 0.594. The summed E-state index contributed by atoms with van der Waals surface area (Å²) in [4.78, 5) is 4.36. The van der Waals surface area contributed by atoms with E-state index < -0.39 is 0 Å². The third-order valence-electron chi connectivity index (χ3n) is 2.33. The first kappa shape index (κ1) is 12.3. The Morgan fingerprint density at radius 3 is 2.79 bits per heavy atom. The molecule has 0 radical (unpaired) electrons. The minimum atomic E-state index is 0.594. The van der Waals surface area contributed by atoms with E-state index in [9.17, 15) is 0 Å². The number of thioether (sulfide) groups is 1. The van der Waals surface area contributed by atoms with E-state index in [0.717, 1.165) is 14.9 Å². The molecule has 0 unspecified atom stereocenters. The predicted molar refractivity (Wildman–Crippen MR) is 73.9 cm³/mol. The maximum atomic E-state index is 5.22. The molecule has 0 aliphatic carbocycles. The van der Waals surface area contributed by atoms with Crippen LogP contribution in [0.3, 0.4) is 0 Å².